The summed E-state index contributed by atoms with van der Waals surface area (Å²) >= 11 is 0. The van der Waals surface area contributed by atoms with Gasteiger partial charge in [0.2, 0.25) is 0 Å². The third-order valence-corrected chi connectivity index (χ3v) is 2.18. The molecule has 4 heteroatoms. The highest BCUT2D eigenvalue weighted by Gasteiger charge is 2.32. The molecule has 1 fully saturated rings. The molecule has 13 heavy (non-hydrogen) atoms. The van der Waals surface area contributed by atoms with Crippen molar-refractivity contribution in [1.29, 1.82) is 0 Å². The summed E-state index contributed by atoms with van der Waals surface area (Å²) in [4.78, 5) is 11.3. The fourth-order valence-electron chi connectivity index (χ4n) is 1.46. The lowest BCUT2D eigenvalue weighted by Crippen LogP contribution is -2.38. The highest BCUT2D eigenvalue weighted by molar-refractivity contribution is 5.76. The SMILES string of the molecule is C=CCOC(=O)C1NCCC1CO. The molecule has 2 atom stereocenters. The lowest BCUT2D eigenvalue weighted by molar-refractivity contribution is -0.145. The number of hydrogen-bond donors (Lipinski definition) is 2. The molecule has 1 heterocycles. The number of aliphatic hydroxyl groups excluding tert-OH is 1. The van der Waals surface area contributed by atoms with Crippen LogP contribution in [0.4, 0.5) is 0 Å². The number of hydrogen-bond acceptors (Lipinski definition) is 4. The summed E-state index contributed by atoms with van der Waals surface area (Å²) in [6.07, 6.45) is 2.35. The first-order chi connectivity index (χ1) is 6.29. The maximum Gasteiger partial charge on any atom is 0.323 e. The molecule has 2 N–H and O–H groups in total. The van der Waals surface area contributed by atoms with Crippen LogP contribution in [0.3, 0.4) is 0 Å². The summed E-state index contributed by atoms with van der Waals surface area (Å²) < 4.78 is 4.88. The third kappa shape index (κ3) is 2.54. The van der Waals surface area contributed by atoms with Crippen molar-refractivity contribution < 1.29 is 14.6 Å². The molecule has 0 aromatic carbocycles. The molecule has 4 nitrogen and oxygen atoms in total. The largest absolute Gasteiger partial charge is 0.460 e. The second kappa shape index (κ2) is 4.99. The minimum absolute atomic E-state index is 0.00249. The molecule has 1 rings (SSSR count). The molecule has 0 aliphatic carbocycles. The molecular weight excluding hydrogens is 170 g/mol. The maximum atomic E-state index is 11.3. The Hall–Kier alpha value is -0.870. The minimum atomic E-state index is -0.343. The summed E-state index contributed by atoms with van der Waals surface area (Å²) in [6, 6.07) is -0.343. The Morgan fingerprint density at radius 3 is 3.15 bits per heavy atom. The van der Waals surface area contributed by atoms with Crippen LogP contribution in [0.2, 0.25) is 0 Å². The average Bonchev–Trinajstić information content (AvgIpc) is 2.61. The van der Waals surface area contributed by atoms with Gasteiger partial charge in [-0.1, -0.05) is 12.7 Å². The minimum Gasteiger partial charge on any atom is -0.460 e. The molecule has 0 bridgehead atoms. The van der Waals surface area contributed by atoms with Crippen LogP contribution in [0.15, 0.2) is 12.7 Å². The van der Waals surface area contributed by atoms with E-state index < -0.39 is 0 Å². The predicted molar refractivity (Wildman–Crippen MR) is 48.1 cm³/mol. The van der Waals surface area contributed by atoms with Crippen LogP contribution in [0.5, 0.6) is 0 Å². The van der Waals surface area contributed by atoms with Gasteiger partial charge in [0.05, 0.1) is 0 Å². The molecule has 2 unspecified atom stereocenters. The Morgan fingerprint density at radius 1 is 1.77 bits per heavy atom. The first-order valence-electron chi connectivity index (χ1n) is 4.41. The van der Waals surface area contributed by atoms with E-state index in [0.29, 0.717) is 0 Å². The Kier molecular flexibility index (Phi) is 3.92. The number of esters is 1. The number of nitrogens with one attached hydrogen (secondary N) is 1. The van der Waals surface area contributed by atoms with Crippen LogP contribution in [0.25, 0.3) is 0 Å². The number of carbonyl (C=O) groups excluding carboxylic acids is 1. The van der Waals surface area contributed by atoms with Gasteiger partial charge < -0.3 is 15.2 Å². The molecule has 1 aliphatic heterocycles. The van der Waals surface area contributed by atoms with Crippen LogP contribution >= 0.6 is 0 Å². The van der Waals surface area contributed by atoms with Crippen LogP contribution < -0.4 is 5.32 Å². The number of ether oxygens (including phenoxy) is 1. The molecule has 0 saturated carbocycles. The van der Waals surface area contributed by atoms with E-state index in [1.165, 1.54) is 6.08 Å². The second-order valence-corrected chi connectivity index (χ2v) is 3.08. The predicted octanol–water partition coefficient (Wildman–Crippen LogP) is -0.314. The molecular formula is C9H15NO3. The maximum absolute atomic E-state index is 11.3. The van der Waals surface area contributed by atoms with Crippen LogP contribution in [-0.2, 0) is 9.53 Å². The van der Waals surface area contributed by atoms with Gasteiger partial charge in [0, 0.05) is 12.5 Å². The molecule has 0 amide bonds. The summed E-state index contributed by atoms with van der Waals surface area (Å²) in [5.74, 6) is -0.297. The monoisotopic (exact) mass is 185 g/mol. The Bertz CT molecular complexity index is 193. The van der Waals surface area contributed by atoms with Crippen molar-refractivity contribution in [2.45, 2.75) is 12.5 Å². The Labute approximate surface area is 77.6 Å². The van der Waals surface area contributed by atoms with Crippen molar-refractivity contribution in [3.8, 4) is 0 Å². The van der Waals surface area contributed by atoms with E-state index >= 15 is 0 Å². The molecule has 1 aliphatic rings. The zero-order chi connectivity index (χ0) is 9.68. The van der Waals surface area contributed by atoms with E-state index in [4.69, 9.17) is 9.84 Å². The Balaban J connectivity index is 2.40. The summed E-state index contributed by atoms with van der Waals surface area (Å²) in [5.41, 5.74) is 0. The van der Waals surface area contributed by atoms with Crippen molar-refractivity contribution in [1.82, 2.24) is 5.32 Å². The summed E-state index contributed by atoms with van der Waals surface area (Å²) in [5, 5.41) is 11.9. The van der Waals surface area contributed by atoms with Crippen molar-refractivity contribution in [3.05, 3.63) is 12.7 Å². The van der Waals surface area contributed by atoms with Gasteiger partial charge in [0.1, 0.15) is 12.6 Å². The zero-order valence-corrected chi connectivity index (χ0v) is 7.53. The van der Waals surface area contributed by atoms with Crippen molar-refractivity contribution >= 4 is 5.97 Å². The van der Waals surface area contributed by atoms with Crippen molar-refractivity contribution in [2.24, 2.45) is 5.92 Å². The smallest absolute Gasteiger partial charge is 0.323 e. The lowest BCUT2D eigenvalue weighted by atomic mass is 10.0. The standard InChI is InChI=1S/C9H15NO3/c1-2-5-13-9(12)8-7(6-11)3-4-10-8/h2,7-8,10-11H,1,3-6H2. The fraction of sp³-hybridized carbons (Fsp3) is 0.667. The van der Waals surface area contributed by atoms with Crippen LogP contribution in [0, 0.1) is 5.92 Å². The number of aliphatic hydroxyl groups is 1. The lowest BCUT2D eigenvalue weighted by Gasteiger charge is -2.15. The van der Waals surface area contributed by atoms with Gasteiger partial charge in [-0.25, -0.2) is 0 Å². The molecule has 0 spiro atoms. The Morgan fingerprint density at radius 2 is 2.54 bits per heavy atom. The van der Waals surface area contributed by atoms with E-state index in [1.807, 2.05) is 0 Å². The van der Waals surface area contributed by atoms with E-state index in [9.17, 15) is 4.79 Å². The number of rotatable bonds is 4. The van der Waals surface area contributed by atoms with Crippen molar-refractivity contribution in [2.75, 3.05) is 19.8 Å². The molecule has 1 saturated heterocycles. The van der Waals surface area contributed by atoms with Gasteiger partial charge in [-0.3, -0.25) is 4.79 Å². The second-order valence-electron chi connectivity index (χ2n) is 3.08. The molecule has 0 radical (unpaired) electrons. The quantitative estimate of drug-likeness (QED) is 0.466. The average molecular weight is 185 g/mol. The van der Waals surface area contributed by atoms with Gasteiger partial charge in [-0.15, -0.1) is 0 Å². The van der Waals surface area contributed by atoms with Crippen LogP contribution in [-0.4, -0.2) is 36.9 Å². The summed E-state index contributed by atoms with van der Waals surface area (Å²) in [7, 11) is 0. The normalized spacial score (nSPS) is 27.2. The van der Waals surface area contributed by atoms with E-state index in [0.717, 1.165) is 13.0 Å². The van der Waals surface area contributed by atoms with Gasteiger partial charge in [0.15, 0.2) is 0 Å². The zero-order valence-electron chi connectivity index (χ0n) is 7.53. The van der Waals surface area contributed by atoms with Crippen LogP contribution in [0.1, 0.15) is 6.42 Å². The topological polar surface area (TPSA) is 58.6 Å². The van der Waals surface area contributed by atoms with E-state index in [1.54, 1.807) is 0 Å². The van der Waals surface area contributed by atoms with Gasteiger partial charge in [-0.05, 0) is 13.0 Å². The summed E-state index contributed by atoms with van der Waals surface area (Å²) in [6.45, 7) is 4.47. The number of carbonyl (C=O) groups is 1. The first kappa shape index (κ1) is 10.2. The van der Waals surface area contributed by atoms with Crippen molar-refractivity contribution in [3.63, 3.8) is 0 Å². The first-order valence-corrected chi connectivity index (χ1v) is 4.41. The highest BCUT2D eigenvalue weighted by atomic mass is 16.5. The van der Waals surface area contributed by atoms with Gasteiger partial charge in [0.25, 0.3) is 0 Å². The fourth-order valence-corrected chi connectivity index (χ4v) is 1.46. The van der Waals surface area contributed by atoms with E-state index in [-0.39, 0.29) is 31.1 Å². The third-order valence-electron chi connectivity index (χ3n) is 2.18. The van der Waals surface area contributed by atoms with E-state index in [2.05, 4.69) is 11.9 Å². The molecule has 74 valence electrons. The van der Waals surface area contributed by atoms with Gasteiger partial charge in [-0.2, -0.15) is 0 Å². The van der Waals surface area contributed by atoms with Gasteiger partial charge >= 0.3 is 5.97 Å². The molecule has 0 aromatic rings. The molecule has 0 aromatic heterocycles. The highest BCUT2D eigenvalue weighted by Crippen LogP contribution is 2.15.